The molecule has 8 aromatic carbocycles. The number of hydrogen-bond acceptors (Lipinski definition) is 1. The first-order valence-electron chi connectivity index (χ1n) is 19.8. The molecule has 270 valence electrons. The third kappa shape index (κ3) is 4.22. The Morgan fingerprint density at radius 1 is 0.241 bits per heavy atom. The maximum atomic E-state index is 5.63. The SMILES string of the molecule is c1ccc(-n2c3ccccc3c3cc4c5ccccc5n(-c5cccc(-n6c7ccccc7c7ccc8c9ccccc9n(-c9ccccc9)c8c76)n5)c4cc32)cc1. The van der Waals surface area contributed by atoms with Gasteiger partial charge in [0.25, 0.3) is 0 Å². The van der Waals surface area contributed by atoms with E-state index in [1.807, 2.05) is 0 Å². The van der Waals surface area contributed by atoms with Crippen LogP contribution >= 0.6 is 0 Å². The van der Waals surface area contributed by atoms with E-state index in [9.17, 15) is 0 Å². The lowest BCUT2D eigenvalue weighted by Crippen LogP contribution is -2.04. The predicted octanol–water partition coefficient (Wildman–Crippen LogP) is 13.5. The first kappa shape index (κ1) is 31.3. The van der Waals surface area contributed by atoms with E-state index in [0.29, 0.717) is 0 Å². The minimum absolute atomic E-state index is 0.867. The van der Waals surface area contributed by atoms with Crippen LogP contribution in [0.4, 0.5) is 0 Å². The summed E-state index contributed by atoms with van der Waals surface area (Å²) in [5.74, 6) is 1.73. The summed E-state index contributed by atoms with van der Waals surface area (Å²) in [6.07, 6.45) is 0. The van der Waals surface area contributed by atoms with Gasteiger partial charge >= 0.3 is 0 Å². The molecule has 0 fully saturated rings. The molecule has 58 heavy (non-hydrogen) atoms. The number of rotatable bonds is 4. The lowest BCUT2D eigenvalue weighted by Gasteiger charge is -2.14. The first-order valence-corrected chi connectivity index (χ1v) is 19.8. The molecule has 13 rings (SSSR count). The van der Waals surface area contributed by atoms with Crippen molar-refractivity contribution in [2.45, 2.75) is 0 Å². The average molecular weight is 740 g/mol. The van der Waals surface area contributed by atoms with E-state index in [-0.39, 0.29) is 0 Å². The standard InChI is InChI=1S/C53H33N5/c1-3-16-34(17-4-1)55-44-24-11-9-22-38(44)42-32-43-39-23-10-13-26-46(39)57(49(43)33-48(42)55)50-28-15-29-51(54-50)58-47-27-14-8-21-37(47)41-31-30-40-36-20-7-12-25-45(36)56(52(40)53(41)58)35-18-5-2-6-19-35/h1-33H. The van der Waals surface area contributed by atoms with E-state index in [4.69, 9.17) is 4.98 Å². The van der Waals surface area contributed by atoms with E-state index in [1.54, 1.807) is 0 Å². The van der Waals surface area contributed by atoms with Crippen LogP contribution in [0.2, 0.25) is 0 Å². The molecule has 5 heteroatoms. The van der Waals surface area contributed by atoms with Crippen molar-refractivity contribution in [3.63, 3.8) is 0 Å². The highest BCUT2D eigenvalue weighted by Crippen LogP contribution is 2.43. The van der Waals surface area contributed by atoms with Gasteiger partial charge in [-0.15, -0.1) is 0 Å². The maximum absolute atomic E-state index is 5.63. The minimum atomic E-state index is 0.867. The van der Waals surface area contributed by atoms with Crippen LogP contribution in [0.25, 0.3) is 110 Å². The van der Waals surface area contributed by atoms with E-state index in [0.717, 1.165) is 45.1 Å². The van der Waals surface area contributed by atoms with Gasteiger partial charge in [-0.2, -0.15) is 0 Å². The molecule has 0 aliphatic heterocycles. The van der Waals surface area contributed by atoms with Crippen LogP contribution in [0.15, 0.2) is 200 Å². The van der Waals surface area contributed by atoms with Crippen molar-refractivity contribution in [3.8, 4) is 23.0 Å². The Kier molecular flexibility index (Phi) is 6.38. The molecule has 0 radical (unpaired) electrons. The summed E-state index contributed by atoms with van der Waals surface area (Å²) in [5.41, 5.74) is 11.5. The lowest BCUT2D eigenvalue weighted by molar-refractivity contribution is 1.01. The summed E-state index contributed by atoms with van der Waals surface area (Å²) >= 11 is 0. The van der Waals surface area contributed by atoms with E-state index >= 15 is 0 Å². The van der Waals surface area contributed by atoms with Gasteiger partial charge in [0.05, 0.1) is 44.1 Å². The number of benzene rings is 8. The average Bonchev–Trinajstić information content (AvgIpc) is 4.01. The first-order chi connectivity index (χ1) is 28.8. The van der Waals surface area contributed by atoms with Crippen molar-refractivity contribution >= 4 is 87.2 Å². The van der Waals surface area contributed by atoms with Crippen molar-refractivity contribution in [3.05, 3.63) is 200 Å². The summed E-state index contributed by atoms with van der Waals surface area (Å²) in [5, 5.41) is 9.73. The largest absolute Gasteiger partial charge is 0.309 e. The van der Waals surface area contributed by atoms with Crippen molar-refractivity contribution in [2.75, 3.05) is 0 Å². The normalized spacial score (nSPS) is 12.1. The number of pyridine rings is 1. The van der Waals surface area contributed by atoms with Gasteiger partial charge in [0.15, 0.2) is 0 Å². The second-order valence-electron chi connectivity index (χ2n) is 15.2. The molecule has 5 nitrogen and oxygen atoms in total. The third-order valence-corrected chi connectivity index (χ3v) is 12.1. The molecule has 0 saturated heterocycles. The predicted molar refractivity (Wildman–Crippen MR) is 242 cm³/mol. The van der Waals surface area contributed by atoms with E-state index < -0.39 is 0 Å². The molecule has 0 spiro atoms. The Balaban J connectivity index is 1.13. The number of nitrogens with zero attached hydrogens (tertiary/aromatic N) is 5. The quantitative estimate of drug-likeness (QED) is 0.177. The summed E-state index contributed by atoms with van der Waals surface area (Å²) in [6.45, 7) is 0. The van der Waals surface area contributed by atoms with Gasteiger partial charge in [-0.3, -0.25) is 9.13 Å². The highest BCUT2D eigenvalue weighted by atomic mass is 15.1. The highest BCUT2D eigenvalue weighted by molar-refractivity contribution is 6.24. The highest BCUT2D eigenvalue weighted by Gasteiger charge is 2.23. The van der Waals surface area contributed by atoms with Crippen LogP contribution in [0.3, 0.4) is 0 Å². The van der Waals surface area contributed by atoms with Crippen molar-refractivity contribution < 1.29 is 0 Å². The molecule has 5 heterocycles. The Labute approximate surface area is 332 Å². The zero-order valence-electron chi connectivity index (χ0n) is 31.3. The monoisotopic (exact) mass is 739 g/mol. The van der Waals surface area contributed by atoms with Crippen LogP contribution in [-0.4, -0.2) is 23.3 Å². The Hall–Kier alpha value is -7.89. The van der Waals surface area contributed by atoms with Crippen LogP contribution in [0.1, 0.15) is 0 Å². The molecule has 0 saturated carbocycles. The summed E-state index contributed by atoms with van der Waals surface area (Å²) in [6, 6.07) is 72.2. The van der Waals surface area contributed by atoms with Crippen molar-refractivity contribution in [1.29, 1.82) is 0 Å². The van der Waals surface area contributed by atoms with Crippen LogP contribution in [0.5, 0.6) is 0 Å². The second-order valence-corrected chi connectivity index (χ2v) is 15.2. The molecule has 0 aliphatic rings. The minimum Gasteiger partial charge on any atom is -0.309 e. The van der Waals surface area contributed by atoms with Gasteiger partial charge in [-0.1, -0.05) is 127 Å². The second kappa shape index (κ2) is 11.8. The van der Waals surface area contributed by atoms with Gasteiger partial charge in [0, 0.05) is 54.5 Å². The van der Waals surface area contributed by atoms with Crippen molar-refractivity contribution in [2.24, 2.45) is 0 Å². The zero-order valence-corrected chi connectivity index (χ0v) is 31.3. The molecule has 5 aromatic heterocycles. The topological polar surface area (TPSA) is 32.6 Å². The van der Waals surface area contributed by atoms with Gasteiger partial charge in [0.2, 0.25) is 0 Å². The lowest BCUT2D eigenvalue weighted by atomic mass is 10.1. The summed E-state index contributed by atoms with van der Waals surface area (Å²) in [7, 11) is 0. The number of fused-ring (bicyclic) bond motifs is 13. The van der Waals surface area contributed by atoms with Crippen molar-refractivity contribution in [1.82, 2.24) is 23.3 Å². The molecule has 0 aliphatic carbocycles. The molecule has 13 aromatic rings. The number of hydrogen-bond donors (Lipinski definition) is 0. The van der Waals surface area contributed by atoms with E-state index in [1.165, 1.54) is 65.2 Å². The summed E-state index contributed by atoms with van der Waals surface area (Å²) < 4.78 is 9.56. The van der Waals surface area contributed by atoms with Crippen LogP contribution in [-0.2, 0) is 0 Å². The molecule has 0 bridgehead atoms. The smallest absolute Gasteiger partial charge is 0.140 e. The molecule has 0 atom stereocenters. The zero-order chi connectivity index (χ0) is 37.9. The van der Waals surface area contributed by atoms with Gasteiger partial charge < -0.3 is 9.13 Å². The molecule has 0 unspecified atom stereocenters. The Morgan fingerprint density at radius 3 is 1.21 bits per heavy atom. The van der Waals surface area contributed by atoms with Gasteiger partial charge in [0.1, 0.15) is 11.6 Å². The third-order valence-electron chi connectivity index (χ3n) is 12.1. The molecular formula is C53H33N5. The fourth-order valence-electron chi connectivity index (χ4n) is 9.78. The molecule has 0 amide bonds. The fraction of sp³-hybridized carbons (Fsp3) is 0. The number of para-hydroxylation sites is 6. The van der Waals surface area contributed by atoms with Gasteiger partial charge in [-0.25, -0.2) is 4.98 Å². The number of aromatic nitrogens is 5. The van der Waals surface area contributed by atoms with Gasteiger partial charge in [-0.05, 0) is 72.8 Å². The maximum Gasteiger partial charge on any atom is 0.140 e. The molecular weight excluding hydrogens is 707 g/mol. The fourth-order valence-corrected chi connectivity index (χ4v) is 9.78. The van der Waals surface area contributed by atoms with E-state index in [2.05, 4.69) is 218 Å². The summed E-state index contributed by atoms with van der Waals surface area (Å²) in [4.78, 5) is 5.63. The Morgan fingerprint density at radius 2 is 0.638 bits per heavy atom. The van der Waals surface area contributed by atoms with Crippen LogP contribution < -0.4 is 0 Å². The van der Waals surface area contributed by atoms with Crippen LogP contribution in [0, 0.1) is 0 Å². The molecule has 0 N–H and O–H groups in total. The Bertz CT molecular complexity index is 3790.